The lowest BCUT2D eigenvalue weighted by molar-refractivity contribution is -0.122. The van der Waals surface area contributed by atoms with Crippen LogP contribution >= 0.6 is 0 Å². The van der Waals surface area contributed by atoms with E-state index in [1.165, 1.54) is 5.56 Å². The minimum atomic E-state index is 0.0763. The van der Waals surface area contributed by atoms with Crippen LogP contribution < -0.4 is 24.8 Å². The highest BCUT2D eigenvalue weighted by atomic mass is 16.5. The highest BCUT2D eigenvalue weighted by molar-refractivity contribution is 5.80. The Morgan fingerprint density at radius 2 is 1.61 bits per heavy atom. The van der Waals surface area contributed by atoms with Crippen LogP contribution in [0.3, 0.4) is 0 Å². The molecule has 3 aromatic rings. The van der Waals surface area contributed by atoms with Crippen LogP contribution in [0.4, 0.5) is 0 Å². The number of carbonyl (C=O) groups is 1. The maximum atomic E-state index is 11.9. The van der Waals surface area contributed by atoms with E-state index in [-0.39, 0.29) is 17.9 Å². The van der Waals surface area contributed by atoms with Gasteiger partial charge in [0.05, 0.1) is 39.6 Å². The molecule has 5 rings (SSSR count). The summed E-state index contributed by atoms with van der Waals surface area (Å²) in [5, 5.41) is 6.51. The Morgan fingerprint density at radius 3 is 2.41 bits per heavy atom. The maximum absolute atomic E-state index is 11.9. The van der Waals surface area contributed by atoms with Gasteiger partial charge in [0.2, 0.25) is 5.91 Å². The summed E-state index contributed by atoms with van der Waals surface area (Å²) in [5.74, 6) is 3.29. The van der Waals surface area contributed by atoms with Crippen molar-refractivity contribution in [2.75, 3.05) is 53.2 Å². The Labute approximate surface area is 261 Å². The average molecular weight is 603 g/mol. The number of piperidine rings is 1. The van der Waals surface area contributed by atoms with Crippen molar-refractivity contribution in [1.82, 2.24) is 10.6 Å². The topological polar surface area (TPSA) is 87.3 Å². The van der Waals surface area contributed by atoms with Crippen LogP contribution in [0.5, 0.6) is 17.2 Å². The van der Waals surface area contributed by atoms with Gasteiger partial charge in [-0.3, -0.25) is 4.79 Å². The molecule has 1 amide bonds. The van der Waals surface area contributed by atoms with Crippen molar-refractivity contribution in [3.05, 3.63) is 89.5 Å². The number of ether oxygens (including phenoxy) is 5. The third-order valence-electron chi connectivity index (χ3n) is 8.17. The van der Waals surface area contributed by atoms with E-state index in [0.717, 1.165) is 73.6 Å². The number of amides is 1. The second-order valence-electron chi connectivity index (χ2n) is 11.4. The molecule has 1 heterocycles. The highest BCUT2D eigenvalue weighted by Gasteiger charge is 2.29. The Morgan fingerprint density at radius 1 is 0.841 bits per heavy atom. The summed E-state index contributed by atoms with van der Waals surface area (Å²) in [4.78, 5) is 11.9. The molecule has 8 nitrogen and oxygen atoms in total. The number of para-hydroxylation sites is 2. The minimum absolute atomic E-state index is 0.0763. The molecule has 0 bridgehead atoms. The number of methoxy groups -OCH3 is 1. The zero-order valence-corrected chi connectivity index (χ0v) is 25.8. The lowest BCUT2D eigenvalue weighted by atomic mass is 9.88. The predicted molar refractivity (Wildman–Crippen MR) is 171 cm³/mol. The molecular weight excluding hydrogens is 556 g/mol. The molecule has 2 fully saturated rings. The molecule has 1 saturated heterocycles. The molecule has 44 heavy (non-hydrogen) atoms. The van der Waals surface area contributed by atoms with Crippen molar-refractivity contribution < 1.29 is 28.5 Å². The van der Waals surface area contributed by atoms with Crippen molar-refractivity contribution in [1.29, 1.82) is 0 Å². The summed E-state index contributed by atoms with van der Waals surface area (Å²) in [6.07, 6.45) is 4.70. The van der Waals surface area contributed by atoms with E-state index in [1.807, 2.05) is 42.5 Å². The first-order valence-corrected chi connectivity index (χ1v) is 15.9. The van der Waals surface area contributed by atoms with Gasteiger partial charge in [0.25, 0.3) is 0 Å². The van der Waals surface area contributed by atoms with Gasteiger partial charge in [0.15, 0.2) is 0 Å². The van der Waals surface area contributed by atoms with Gasteiger partial charge >= 0.3 is 0 Å². The molecule has 236 valence electrons. The first-order valence-electron chi connectivity index (χ1n) is 15.9. The molecule has 2 N–H and O–H groups in total. The lowest BCUT2D eigenvalue weighted by Gasteiger charge is -2.32. The molecule has 8 heteroatoms. The molecule has 2 aliphatic rings. The first-order chi connectivity index (χ1) is 21.7. The smallest absolute Gasteiger partial charge is 0.223 e. The maximum Gasteiger partial charge on any atom is 0.223 e. The van der Waals surface area contributed by atoms with Crippen molar-refractivity contribution in [3.63, 3.8) is 0 Å². The molecule has 1 aliphatic heterocycles. The molecular formula is C36H46N2O6. The van der Waals surface area contributed by atoms with Crippen LogP contribution in [-0.4, -0.2) is 65.2 Å². The van der Waals surface area contributed by atoms with Gasteiger partial charge < -0.3 is 34.3 Å². The Kier molecular flexibility index (Phi) is 12.3. The molecule has 3 aromatic carbocycles. The van der Waals surface area contributed by atoms with Crippen molar-refractivity contribution >= 4 is 5.91 Å². The van der Waals surface area contributed by atoms with Crippen molar-refractivity contribution in [2.45, 2.75) is 50.7 Å². The standard InChI is InChI=1S/C36H46N2O6/c1-40-33-9-4-3-8-30(33)26-41-21-6-22-42-31-15-13-27(14-16-31)32-18-19-37-25-35(32)44-24-23-43-34-10-5-2-7-28(34)17-20-38-36(39)29-11-12-29/h2-5,7-10,13-16,29,32,35,37H,6,11-12,17-26H2,1H3,(H,38,39). The molecule has 0 radical (unpaired) electrons. The number of carbonyl (C=O) groups excluding carboxylic acids is 1. The molecule has 1 saturated carbocycles. The monoisotopic (exact) mass is 602 g/mol. The van der Waals surface area contributed by atoms with Gasteiger partial charge in [0.1, 0.15) is 23.9 Å². The van der Waals surface area contributed by atoms with E-state index < -0.39 is 0 Å². The van der Waals surface area contributed by atoms with E-state index in [2.05, 4.69) is 41.0 Å². The number of hydrogen-bond acceptors (Lipinski definition) is 7. The Hall–Kier alpha value is -3.59. The van der Waals surface area contributed by atoms with Crippen LogP contribution in [0.2, 0.25) is 0 Å². The van der Waals surface area contributed by atoms with E-state index in [4.69, 9.17) is 23.7 Å². The fraction of sp³-hybridized carbons (Fsp3) is 0.472. The summed E-state index contributed by atoms with van der Waals surface area (Å²) in [5.41, 5.74) is 3.42. The van der Waals surface area contributed by atoms with Crippen LogP contribution in [0.25, 0.3) is 0 Å². The SMILES string of the molecule is COc1ccccc1COCCCOc1ccc(C2CCNCC2OCCOc2ccccc2CCNC(=O)C2CC2)cc1. The Bertz CT molecular complexity index is 1300. The van der Waals surface area contributed by atoms with Gasteiger partial charge in [-0.15, -0.1) is 0 Å². The zero-order chi connectivity index (χ0) is 30.4. The Balaban J connectivity index is 1.00. The largest absolute Gasteiger partial charge is 0.496 e. The molecule has 2 unspecified atom stereocenters. The second kappa shape index (κ2) is 17.0. The van der Waals surface area contributed by atoms with Gasteiger partial charge in [0, 0.05) is 36.9 Å². The summed E-state index contributed by atoms with van der Waals surface area (Å²) in [7, 11) is 1.68. The van der Waals surface area contributed by atoms with Crippen molar-refractivity contribution in [3.8, 4) is 17.2 Å². The summed E-state index contributed by atoms with van der Waals surface area (Å²) < 4.78 is 29.6. The van der Waals surface area contributed by atoms with E-state index in [1.54, 1.807) is 7.11 Å². The van der Waals surface area contributed by atoms with E-state index in [9.17, 15) is 4.79 Å². The van der Waals surface area contributed by atoms with Gasteiger partial charge in [-0.1, -0.05) is 48.5 Å². The third-order valence-corrected chi connectivity index (χ3v) is 8.17. The predicted octanol–water partition coefficient (Wildman–Crippen LogP) is 5.29. The number of benzene rings is 3. The zero-order valence-electron chi connectivity index (χ0n) is 25.8. The van der Waals surface area contributed by atoms with Crippen LogP contribution in [0.15, 0.2) is 72.8 Å². The normalized spacial score (nSPS) is 18.0. The number of hydrogen-bond donors (Lipinski definition) is 2. The van der Waals surface area contributed by atoms with Gasteiger partial charge in [-0.25, -0.2) is 0 Å². The first kappa shape index (κ1) is 31.8. The highest BCUT2D eigenvalue weighted by Crippen LogP contribution is 2.30. The van der Waals surface area contributed by atoms with Crippen LogP contribution in [0, 0.1) is 5.92 Å². The summed E-state index contributed by atoms with van der Waals surface area (Å²) in [6.45, 7) is 5.15. The number of rotatable bonds is 18. The van der Waals surface area contributed by atoms with E-state index in [0.29, 0.717) is 45.5 Å². The minimum Gasteiger partial charge on any atom is -0.496 e. The summed E-state index contributed by atoms with van der Waals surface area (Å²) in [6, 6.07) is 24.4. The van der Waals surface area contributed by atoms with Gasteiger partial charge in [-0.05, 0) is 67.6 Å². The van der Waals surface area contributed by atoms with Crippen LogP contribution in [-0.2, 0) is 27.3 Å². The summed E-state index contributed by atoms with van der Waals surface area (Å²) >= 11 is 0. The van der Waals surface area contributed by atoms with Crippen LogP contribution in [0.1, 0.15) is 48.3 Å². The fourth-order valence-electron chi connectivity index (χ4n) is 5.57. The molecule has 0 aromatic heterocycles. The third kappa shape index (κ3) is 9.71. The molecule has 2 atom stereocenters. The number of nitrogens with one attached hydrogen (secondary N) is 2. The van der Waals surface area contributed by atoms with E-state index >= 15 is 0 Å². The molecule has 0 spiro atoms. The van der Waals surface area contributed by atoms with Crippen molar-refractivity contribution in [2.24, 2.45) is 5.92 Å². The molecule has 1 aliphatic carbocycles. The lowest BCUT2D eigenvalue weighted by Crippen LogP contribution is -2.41. The quantitative estimate of drug-likeness (QED) is 0.191. The second-order valence-corrected chi connectivity index (χ2v) is 11.4. The van der Waals surface area contributed by atoms with Gasteiger partial charge in [-0.2, -0.15) is 0 Å². The average Bonchev–Trinajstić information content (AvgIpc) is 3.92. The fourth-order valence-corrected chi connectivity index (χ4v) is 5.57.